The standard InChI is InChI=1S/C39H63N9O15/c1-20(2)9-10-26-38(3,63-26)31-30(60-4)25(11-12-39(31)19-61-39)62-37(59)44-17-28(51)45-21(7-5-13-42-36(41)58)33(55)43-16-27(50)46-22(15-29(52)53)34(56)47-23(18-49)35(57)48-14-6-8-24(48)32(40)54/h20-26,30-31,49H,5-19H2,1-4H3,(H2,40,54)(H,43,55)(H,44,59)(H,45,51)(H,46,50)(H,47,56)(H,52,53)(H3,41,42,58)/t21-,22-,23-,24?,25+,26+,30+,31+,38-,39-/m0/s1. The Morgan fingerprint density at radius 2 is 1.56 bits per heavy atom. The third-order valence-corrected chi connectivity index (χ3v) is 11.9. The zero-order valence-corrected chi connectivity index (χ0v) is 36.1. The van der Waals surface area contributed by atoms with Crippen LogP contribution in [0.5, 0.6) is 0 Å². The van der Waals surface area contributed by atoms with Crippen molar-refractivity contribution < 1.29 is 72.3 Å². The number of primary amides is 2. The molecule has 0 bridgehead atoms. The molecule has 0 aromatic carbocycles. The fourth-order valence-electron chi connectivity index (χ4n) is 8.54. The number of ether oxygens (including phenoxy) is 4. The lowest BCUT2D eigenvalue weighted by Gasteiger charge is -2.42. The summed E-state index contributed by atoms with van der Waals surface area (Å²) < 4.78 is 23.9. The highest BCUT2D eigenvalue weighted by Crippen LogP contribution is 2.59. The third-order valence-electron chi connectivity index (χ3n) is 11.9. The number of hydrogen-bond donors (Lipinski definition) is 10. The van der Waals surface area contributed by atoms with Crippen LogP contribution in [0.4, 0.5) is 9.59 Å². The summed E-state index contributed by atoms with van der Waals surface area (Å²) in [6.07, 6.45) is 0.584. The quantitative estimate of drug-likeness (QED) is 0.0338. The second-order valence-corrected chi connectivity index (χ2v) is 17.0. The molecule has 12 N–H and O–H groups in total. The fraction of sp³-hybridized carbons (Fsp3) is 0.769. The first kappa shape index (κ1) is 50.3. The summed E-state index contributed by atoms with van der Waals surface area (Å²) in [4.78, 5) is 114. The summed E-state index contributed by atoms with van der Waals surface area (Å²) in [5.41, 5.74) is 9.52. The first-order chi connectivity index (χ1) is 29.7. The number of carboxylic acids is 1. The molecule has 0 radical (unpaired) electrons. The van der Waals surface area contributed by atoms with E-state index < -0.39 is 127 Å². The van der Waals surface area contributed by atoms with Crippen molar-refractivity contribution >= 4 is 53.5 Å². The molecule has 3 saturated heterocycles. The Labute approximate surface area is 364 Å². The smallest absolute Gasteiger partial charge is 0.407 e. The number of aliphatic carboxylic acids is 1. The molecule has 4 rings (SSSR count). The molecule has 0 aromatic rings. The maximum absolute atomic E-state index is 13.3. The number of likely N-dealkylation sites (tertiary alicyclic amines) is 1. The average molecular weight is 898 g/mol. The van der Waals surface area contributed by atoms with Crippen LogP contribution in [0.15, 0.2) is 0 Å². The molecule has 9 amide bonds. The van der Waals surface area contributed by atoms with Gasteiger partial charge < -0.3 is 77.4 Å². The van der Waals surface area contributed by atoms with Crippen molar-refractivity contribution in [3.8, 4) is 0 Å². The van der Waals surface area contributed by atoms with Crippen molar-refractivity contribution in [2.75, 3.05) is 46.5 Å². The van der Waals surface area contributed by atoms with Gasteiger partial charge in [-0.25, -0.2) is 9.59 Å². The molecule has 1 unspecified atom stereocenters. The number of nitrogens with two attached hydrogens (primary N) is 2. The highest BCUT2D eigenvalue weighted by molar-refractivity contribution is 5.97. The van der Waals surface area contributed by atoms with E-state index in [1.54, 1.807) is 0 Å². The van der Waals surface area contributed by atoms with Crippen molar-refractivity contribution in [2.45, 2.75) is 132 Å². The van der Waals surface area contributed by atoms with Crippen molar-refractivity contribution in [3.63, 3.8) is 0 Å². The van der Waals surface area contributed by atoms with Gasteiger partial charge >= 0.3 is 18.1 Å². The van der Waals surface area contributed by atoms with Gasteiger partial charge in [-0.2, -0.15) is 0 Å². The Morgan fingerprint density at radius 3 is 2.14 bits per heavy atom. The zero-order chi connectivity index (χ0) is 46.6. The van der Waals surface area contributed by atoms with Gasteiger partial charge in [-0.3, -0.25) is 33.6 Å². The van der Waals surface area contributed by atoms with Gasteiger partial charge in [0.1, 0.15) is 54.1 Å². The van der Waals surface area contributed by atoms with Crippen LogP contribution in [0.1, 0.15) is 78.6 Å². The number of rotatable bonds is 24. The molecule has 3 aliphatic heterocycles. The van der Waals surface area contributed by atoms with Gasteiger partial charge in [0.15, 0.2) is 0 Å². The minimum atomic E-state index is -1.78. The molecular formula is C39H63N9O15. The van der Waals surface area contributed by atoms with Gasteiger partial charge in [-0.15, -0.1) is 0 Å². The summed E-state index contributed by atoms with van der Waals surface area (Å²) in [5, 5.41) is 33.1. The van der Waals surface area contributed by atoms with Crippen LogP contribution in [-0.2, 0) is 52.5 Å². The minimum absolute atomic E-state index is 0.00990. The Bertz CT molecular complexity index is 1710. The number of amides is 9. The highest BCUT2D eigenvalue weighted by Gasteiger charge is 2.72. The maximum atomic E-state index is 13.3. The van der Waals surface area contributed by atoms with E-state index in [1.807, 2.05) is 6.92 Å². The zero-order valence-electron chi connectivity index (χ0n) is 36.1. The number of carbonyl (C=O) groups excluding carboxylic acids is 8. The van der Waals surface area contributed by atoms with Gasteiger partial charge in [0.05, 0.1) is 38.2 Å². The number of epoxide rings is 2. The second-order valence-electron chi connectivity index (χ2n) is 17.0. The van der Waals surface area contributed by atoms with Gasteiger partial charge in [-0.1, -0.05) is 13.8 Å². The molecule has 3 heterocycles. The topological polar surface area (TPSA) is 365 Å². The van der Waals surface area contributed by atoms with E-state index in [1.165, 1.54) is 7.11 Å². The Kier molecular flexibility index (Phi) is 17.8. The van der Waals surface area contributed by atoms with E-state index in [2.05, 4.69) is 45.7 Å². The number of aliphatic hydroxyl groups is 1. The Morgan fingerprint density at radius 1 is 0.889 bits per heavy atom. The van der Waals surface area contributed by atoms with E-state index in [0.29, 0.717) is 31.8 Å². The van der Waals surface area contributed by atoms with Gasteiger partial charge in [0.2, 0.25) is 35.4 Å². The van der Waals surface area contributed by atoms with E-state index in [-0.39, 0.29) is 44.4 Å². The number of nitrogens with zero attached hydrogens (tertiary/aromatic N) is 1. The SMILES string of the molecule is CO[C@@H]1[C@H](OC(=O)NCC(=O)N[C@@H](CCCNC(N)=O)C(=O)NCC(=O)N[C@@H](CC(=O)O)C(=O)N[C@@H](CO)C(=O)N2CCCC2C(N)=O)CC[C@]2(CO2)[C@H]1[C@@]1(C)O[C@@H]1CCC(C)C. The Balaban J connectivity index is 1.31. The summed E-state index contributed by atoms with van der Waals surface area (Å²) in [6, 6.07) is -6.49. The predicted molar refractivity (Wildman–Crippen MR) is 217 cm³/mol. The number of carbonyl (C=O) groups is 9. The summed E-state index contributed by atoms with van der Waals surface area (Å²) in [6.45, 7) is 4.65. The lowest BCUT2D eigenvalue weighted by Crippen LogP contribution is -2.58. The van der Waals surface area contributed by atoms with Crippen molar-refractivity contribution in [2.24, 2.45) is 23.3 Å². The summed E-state index contributed by atoms with van der Waals surface area (Å²) >= 11 is 0. The van der Waals surface area contributed by atoms with E-state index in [4.69, 9.17) is 30.4 Å². The molecule has 354 valence electrons. The van der Waals surface area contributed by atoms with Crippen molar-refractivity contribution in [1.29, 1.82) is 0 Å². The van der Waals surface area contributed by atoms with Crippen LogP contribution in [0.2, 0.25) is 0 Å². The van der Waals surface area contributed by atoms with Gasteiger partial charge in [0.25, 0.3) is 0 Å². The Hall–Kier alpha value is -5.33. The van der Waals surface area contributed by atoms with E-state index in [0.717, 1.165) is 17.7 Å². The number of hydrogen-bond acceptors (Lipinski definition) is 14. The number of nitrogens with one attached hydrogen (secondary N) is 6. The number of methoxy groups -OCH3 is 1. The number of aliphatic hydroxyl groups excluding tert-OH is 1. The molecule has 4 aliphatic rings. The van der Waals surface area contributed by atoms with Crippen LogP contribution >= 0.6 is 0 Å². The van der Waals surface area contributed by atoms with Gasteiger partial charge in [0, 0.05) is 20.2 Å². The lowest BCUT2D eigenvalue weighted by molar-refractivity contribution is -0.143. The molecule has 4 fully saturated rings. The summed E-state index contributed by atoms with van der Waals surface area (Å²) in [5.74, 6) is -6.74. The molecule has 0 aromatic heterocycles. The van der Waals surface area contributed by atoms with E-state index in [9.17, 15) is 53.4 Å². The van der Waals surface area contributed by atoms with E-state index >= 15 is 0 Å². The molecular weight excluding hydrogens is 834 g/mol. The molecule has 1 aliphatic carbocycles. The first-order valence-corrected chi connectivity index (χ1v) is 21.2. The molecule has 1 spiro atoms. The molecule has 10 atom stereocenters. The maximum Gasteiger partial charge on any atom is 0.407 e. The van der Waals surface area contributed by atoms with Crippen LogP contribution in [0.3, 0.4) is 0 Å². The highest BCUT2D eigenvalue weighted by atomic mass is 16.6. The van der Waals surface area contributed by atoms with Crippen LogP contribution in [0, 0.1) is 11.8 Å². The molecule has 24 nitrogen and oxygen atoms in total. The van der Waals surface area contributed by atoms with Crippen LogP contribution in [0.25, 0.3) is 0 Å². The average Bonchev–Trinajstić information content (AvgIpc) is 4.07. The normalized spacial score (nSPS) is 27.3. The molecule has 24 heteroatoms. The number of carboxylic acid groups (broad SMARTS) is 1. The monoisotopic (exact) mass is 897 g/mol. The molecule has 1 saturated carbocycles. The lowest BCUT2D eigenvalue weighted by atomic mass is 9.68. The van der Waals surface area contributed by atoms with Crippen molar-refractivity contribution in [1.82, 2.24) is 36.8 Å². The third kappa shape index (κ3) is 13.8. The van der Waals surface area contributed by atoms with Crippen molar-refractivity contribution in [3.05, 3.63) is 0 Å². The largest absolute Gasteiger partial charge is 0.481 e. The predicted octanol–water partition coefficient (Wildman–Crippen LogP) is -3.17. The van der Waals surface area contributed by atoms with Crippen LogP contribution < -0.4 is 43.4 Å². The minimum Gasteiger partial charge on any atom is -0.481 e. The second kappa shape index (κ2) is 22.3. The number of alkyl carbamates (subject to hydrolysis) is 1. The van der Waals surface area contributed by atoms with Crippen LogP contribution in [-0.4, -0.2) is 169 Å². The fourth-order valence-corrected chi connectivity index (χ4v) is 8.54. The summed E-state index contributed by atoms with van der Waals surface area (Å²) in [7, 11) is 1.53. The van der Waals surface area contributed by atoms with Gasteiger partial charge in [-0.05, 0) is 64.2 Å². The number of urea groups is 1. The first-order valence-electron chi connectivity index (χ1n) is 21.2. The molecule has 63 heavy (non-hydrogen) atoms.